The number of hydrogen-bond donors (Lipinski definition) is 1. The second kappa shape index (κ2) is 5.27. The summed E-state index contributed by atoms with van der Waals surface area (Å²) < 4.78 is 5.02. The van der Waals surface area contributed by atoms with Crippen molar-refractivity contribution in [2.24, 2.45) is 0 Å². The van der Waals surface area contributed by atoms with Crippen LogP contribution in [-0.4, -0.2) is 4.98 Å². The van der Waals surface area contributed by atoms with Crippen molar-refractivity contribution in [2.45, 2.75) is 32.9 Å². The third-order valence-electron chi connectivity index (χ3n) is 2.51. The fourth-order valence-corrected chi connectivity index (χ4v) is 2.29. The molecule has 0 spiro atoms. The zero-order valence-corrected chi connectivity index (χ0v) is 10.4. The lowest BCUT2D eigenvalue weighted by Gasteiger charge is -2.09. The van der Waals surface area contributed by atoms with Crippen LogP contribution in [0.15, 0.2) is 28.4 Å². The monoisotopic (exact) mass is 236 g/mol. The first-order valence-electron chi connectivity index (χ1n) is 5.48. The second-order valence-electron chi connectivity index (χ2n) is 3.75. The van der Waals surface area contributed by atoms with Gasteiger partial charge in [-0.1, -0.05) is 6.92 Å². The molecule has 2 aromatic rings. The van der Waals surface area contributed by atoms with E-state index in [-0.39, 0.29) is 6.04 Å². The average Bonchev–Trinajstić information content (AvgIpc) is 2.96. The van der Waals surface area contributed by atoms with E-state index in [0.717, 1.165) is 24.2 Å². The summed E-state index contributed by atoms with van der Waals surface area (Å²) in [6.45, 7) is 5.08. The Morgan fingerprint density at radius 3 is 3.06 bits per heavy atom. The molecule has 2 rings (SSSR count). The molecule has 0 aromatic carbocycles. The van der Waals surface area contributed by atoms with Gasteiger partial charge in [0.15, 0.2) is 0 Å². The van der Waals surface area contributed by atoms with Crippen molar-refractivity contribution in [3.8, 4) is 0 Å². The Labute approximate surface area is 99.5 Å². The van der Waals surface area contributed by atoms with E-state index in [2.05, 4.69) is 29.5 Å². The lowest BCUT2D eigenvalue weighted by molar-refractivity contribution is 0.542. The Kier molecular flexibility index (Phi) is 3.74. The number of rotatable bonds is 5. The molecule has 16 heavy (non-hydrogen) atoms. The van der Waals surface area contributed by atoms with E-state index in [1.807, 2.05) is 6.07 Å². The highest BCUT2D eigenvalue weighted by Crippen LogP contribution is 2.17. The molecule has 0 saturated heterocycles. The van der Waals surface area contributed by atoms with Crippen LogP contribution in [0.3, 0.4) is 0 Å². The van der Waals surface area contributed by atoms with Gasteiger partial charge in [-0.3, -0.25) is 0 Å². The molecule has 1 unspecified atom stereocenters. The molecule has 0 bridgehead atoms. The summed E-state index contributed by atoms with van der Waals surface area (Å²) in [5.41, 5.74) is 2.29. The number of hydrogen-bond acceptors (Lipinski definition) is 4. The normalized spacial score (nSPS) is 12.9. The molecule has 2 heterocycles. The first-order chi connectivity index (χ1) is 7.79. The third kappa shape index (κ3) is 2.71. The maximum Gasteiger partial charge on any atom is 0.0947 e. The lowest BCUT2D eigenvalue weighted by atomic mass is 10.2. The second-order valence-corrected chi connectivity index (χ2v) is 4.70. The average molecular weight is 236 g/mol. The quantitative estimate of drug-likeness (QED) is 0.866. The number of thiazole rings is 1. The molecule has 0 aliphatic carbocycles. The van der Waals surface area contributed by atoms with Crippen molar-refractivity contribution in [1.29, 1.82) is 0 Å². The largest absolute Gasteiger partial charge is 0.472 e. The van der Waals surface area contributed by atoms with E-state index < -0.39 is 0 Å². The summed E-state index contributed by atoms with van der Waals surface area (Å²) in [6.07, 6.45) is 4.47. The Balaban J connectivity index is 1.90. The van der Waals surface area contributed by atoms with Gasteiger partial charge >= 0.3 is 0 Å². The maximum atomic E-state index is 5.02. The fourth-order valence-electron chi connectivity index (χ4n) is 1.46. The van der Waals surface area contributed by atoms with E-state index in [9.17, 15) is 0 Å². The Hall–Kier alpha value is -1.13. The molecule has 0 fully saturated rings. The summed E-state index contributed by atoms with van der Waals surface area (Å²) in [7, 11) is 0. The molecule has 3 nitrogen and oxygen atoms in total. The van der Waals surface area contributed by atoms with E-state index in [4.69, 9.17) is 4.42 Å². The van der Waals surface area contributed by atoms with E-state index in [0.29, 0.717) is 0 Å². The van der Waals surface area contributed by atoms with Crippen molar-refractivity contribution >= 4 is 11.3 Å². The van der Waals surface area contributed by atoms with Crippen molar-refractivity contribution in [1.82, 2.24) is 10.3 Å². The van der Waals surface area contributed by atoms with Gasteiger partial charge in [0.1, 0.15) is 0 Å². The predicted molar refractivity (Wildman–Crippen MR) is 65.5 cm³/mol. The standard InChI is InChI=1S/C12H16N2OS/c1-3-12-14-11(8-16-12)9(2)13-6-10-4-5-15-7-10/h4-5,7-9,13H,3,6H2,1-2H3. The van der Waals surface area contributed by atoms with Gasteiger partial charge in [0.05, 0.1) is 23.2 Å². The minimum atomic E-state index is 0.284. The molecular formula is C12H16N2OS. The molecule has 1 atom stereocenters. The maximum absolute atomic E-state index is 5.02. The topological polar surface area (TPSA) is 38.1 Å². The first kappa shape index (κ1) is 11.4. The van der Waals surface area contributed by atoms with Crippen molar-refractivity contribution < 1.29 is 4.42 Å². The summed E-state index contributed by atoms with van der Waals surface area (Å²) >= 11 is 1.73. The highest BCUT2D eigenvalue weighted by molar-refractivity contribution is 7.09. The van der Waals surface area contributed by atoms with Gasteiger partial charge in [0.2, 0.25) is 0 Å². The van der Waals surface area contributed by atoms with Gasteiger partial charge in [-0.25, -0.2) is 4.98 Å². The van der Waals surface area contributed by atoms with Crippen LogP contribution in [0, 0.1) is 0 Å². The molecule has 0 amide bonds. The molecule has 86 valence electrons. The van der Waals surface area contributed by atoms with Gasteiger partial charge in [-0.2, -0.15) is 0 Å². The summed E-state index contributed by atoms with van der Waals surface area (Å²) in [5, 5.41) is 6.75. The highest BCUT2D eigenvalue weighted by atomic mass is 32.1. The SMILES string of the molecule is CCc1nc(C(C)NCc2ccoc2)cs1. The molecule has 0 aliphatic heterocycles. The number of aryl methyl sites for hydroxylation is 1. The Morgan fingerprint density at radius 2 is 2.44 bits per heavy atom. The van der Waals surface area contributed by atoms with Crippen LogP contribution in [0.1, 0.15) is 36.2 Å². The molecular weight excluding hydrogens is 220 g/mol. The van der Waals surface area contributed by atoms with Crippen LogP contribution in [-0.2, 0) is 13.0 Å². The van der Waals surface area contributed by atoms with Crippen molar-refractivity contribution in [2.75, 3.05) is 0 Å². The zero-order chi connectivity index (χ0) is 11.4. The Morgan fingerprint density at radius 1 is 1.56 bits per heavy atom. The molecule has 0 saturated carbocycles. The van der Waals surface area contributed by atoms with Crippen LogP contribution < -0.4 is 5.32 Å². The summed E-state index contributed by atoms with van der Waals surface area (Å²) in [5.74, 6) is 0. The Bertz CT molecular complexity index is 422. The van der Waals surface area contributed by atoms with E-state index in [1.165, 1.54) is 5.01 Å². The molecule has 0 radical (unpaired) electrons. The third-order valence-corrected chi connectivity index (χ3v) is 3.52. The minimum Gasteiger partial charge on any atom is -0.472 e. The van der Waals surface area contributed by atoms with Crippen LogP contribution >= 0.6 is 11.3 Å². The van der Waals surface area contributed by atoms with Crippen LogP contribution in [0.2, 0.25) is 0 Å². The minimum absolute atomic E-state index is 0.284. The van der Waals surface area contributed by atoms with Crippen molar-refractivity contribution in [3.05, 3.63) is 40.2 Å². The molecule has 4 heteroatoms. The fraction of sp³-hybridized carbons (Fsp3) is 0.417. The summed E-state index contributed by atoms with van der Waals surface area (Å²) in [4.78, 5) is 4.56. The van der Waals surface area contributed by atoms with Gasteiger partial charge in [0.25, 0.3) is 0 Å². The van der Waals surface area contributed by atoms with E-state index in [1.54, 1.807) is 23.9 Å². The predicted octanol–water partition coefficient (Wildman–Crippen LogP) is 3.15. The summed E-state index contributed by atoms with van der Waals surface area (Å²) in [6, 6.07) is 2.25. The van der Waals surface area contributed by atoms with Crippen molar-refractivity contribution in [3.63, 3.8) is 0 Å². The molecule has 2 aromatic heterocycles. The van der Waals surface area contributed by atoms with E-state index >= 15 is 0 Å². The molecule has 1 N–H and O–H groups in total. The zero-order valence-electron chi connectivity index (χ0n) is 9.56. The van der Waals surface area contributed by atoms with Gasteiger partial charge < -0.3 is 9.73 Å². The number of nitrogens with one attached hydrogen (secondary N) is 1. The van der Waals surface area contributed by atoms with Crippen LogP contribution in [0.5, 0.6) is 0 Å². The molecule has 0 aliphatic rings. The van der Waals surface area contributed by atoms with Crippen LogP contribution in [0.25, 0.3) is 0 Å². The smallest absolute Gasteiger partial charge is 0.0947 e. The van der Waals surface area contributed by atoms with Gasteiger partial charge in [-0.15, -0.1) is 11.3 Å². The lowest BCUT2D eigenvalue weighted by Crippen LogP contribution is -2.18. The first-order valence-corrected chi connectivity index (χ1v) is 6.36. The van der Waals surface area contributed by atoms with Gasteiger partial charge in [0, 0.05) is 23.5 Å². The number of furan rings is 1. The number of aromatic nitrogens is 1. The van der Waals surface area contributed by atoms with Gasteiger partial charge in [-0.05, 0) is 19.4 Å². The highest BCUT2D eigenvalue weighted by Gasteiger charge is 2.09. The van der Waals surface area contributed by atoms with Crippen LogP contribution in [0.4, 0.5) is 0 Å². The number of nitrogens with zero attached hydrogens (tertiary/aromatic N) is 1.